The molecule has 22 heteroatoms. The molecule has 0 bridgehead atoms. The van der Waals surface area contributed by atoms with Crippen LogP contribution in [-0.4, -0.2) is 80.1 Å². The van der Waals surface area contributed by atoms with Crippen molar-refractivity contribution in [3.63, 3.8) is 0 Å². The van der Waals surface area contributed by atoms with Crippen LogP contribution in [0.3, 0.4) is 0 Å². The van der Waals surface area contributed by atoms with Crippen LogP contribution in [0.5, 0.6) is 0 Å². The molecule has 19 nitrogen and oxygen atoms in total. The molecule has 0 radical (unpaired) electrons. The van der Waals surface area contributed by atoms with Crippen molar-refractivity contribution in [3.8, 4) is 0 Å². The fraction of sp³-hybridized carbons (Fsp3) is 0.571. The number of imidazole rings is 1. The fourth-order valence-electron chi connectivity index (χ4n) is 3.12. The average molecular weight is 577 g/mol. The number of nitrogens with zero attached hydrogens (tertiary/aromatic N) is 4. The molecule has 0 saturated carbocycles. The summed E-state index contributed by atoms with van der Waals surface area (Å²) in [4.78, 5) is 59.8. The molecule has 0 aliphatic carbocycles. The maximum Gasteiger partial charge on any atom is 0.490 e. The maximum absolute atomic E-state index is 11.9. The summed E-state index contributed by atoms with van der Waals surface area (Å²) in [6.07, 6.45) is -3.09. The first-order valence-corrected chi connectivity index (χ1v) is 14.4. The molecule has 1 saturated heterocycles. The van der Waals surface area contributed by atoms with E-state index in [0.717, 1.165) is 6.33 Å². The molecule has 1 fully saturated rings. The molecule has 2 unspecified atom stereocenters. The number of aliphatic hydroxyl groups excluding tert-OH is 2. The first kappa shape index (κ1) is 28.9. The number of hydrogen-bond acceptors (Lipinski definition) is 13. The Hall–Kier alpha value is -1.69. The van der Waals surface area contributed by atoms with Crippen molar-refractivity contribution >= 4 is 46.4 Å². The highest BCUT2D eigenvalue weighted by Gasteiger charge is 2.47. The summed E-state index contributed by atoms with van der Waals surface area (Å²) >= 11 is 0. The second kappa shape index (κ2) is 11.0. The van der Waals surface area contributed by atoms with Crippen LogP contribution in [0.4, 0.5) is 5.82 Å². The minimum atomic E-state index is -5.73. The maximum atomic E-state index is 11.9. The number of carbonyl (C=O) groups excluding carboxylic acids is 1. The van der Waals surface area contributed by atoms with E-state index in [1.807, 2.05) is 6.92 Å². The van der Waals surface area contributed by atoms with Crippen LogP contribution >= 0.6 is 23.5 Å². The number of aromatic nitrogens is 4. The SMILES string of the molecule is CCCC(=O)Nc1ncnc2c1ncn2[C@@H]1O[C@H](COP(=O)(O)OP(=O)(O)OP(=O)(O)O)[C@@H](O)[C@H]1O. The van der Waals surface area contributed by atoms with Crippen molar-refractivity contribution in [2.24, 2.45) is 0 Å². The molecule has 3 rings (SSSR count). The number of anilines is 1. The monoisotopic (exact) mass is 577 g/mol. The highest BCUT2D eigenvalue weighted by atomic mass is 31.3. The molecule has 36 heavy (non-hydrogen) atoms. The van der Waals surface area contributed by atoms with Gasteiger partial charge in [0, 0.05) is 6.42 Å². The lowest BCUT2D eigenvalue weighted by atomic mass is 10.1. The van der Waals surface area contributed by atoms with E-state index in [0.29, 0.717) is 6.42 Å². The Bertz CT molecular complexity index is 1250. The Labute approximate surface area is 201 Å². The molecule has 1 aliphatic heterocycles. The Morgan fingerprint density at radius 3 is 2.42 bits per heavy atom. The first-order chi connectivity index (χ1) is 16.6. The van der Waals surface area contributed by atoms with Crippen molar-refractivity contribution < 1.29 is 66.2 Å². The Morgan fingerprint density at radius 1 is 1.08 bits per heavy atom. The number of nitrogens with one attached hydrogen (secondary N) is 1. The Morgan fingerprint density at radius 2 is 1.78 bits per heavy atom. The van der Waals surface area contributed by atoms with Gasteiger partial charge in [-0.15, -0.1) is 0 Å². The zero-order chi connectivity index (χ0) is 26.9. The number of phosphoric ester groups is 1. The highest BCUT2D eigenvalue weighted by molar-refractivity contribution is 7.66. The van der Waals surface area contributed by atoms with Crippen LogP contribution in [0.1, 0.15) is 26.0 Å². The zero-order valence-electron chi connectivity index (χ0n) is 18.2. The number of ether oxygens (including phenoxy) is 1. The number of phosphoric acid groups is 3. The van der Waals surface area contributed by atoms with Crippen LogP contribution in [-0.2, 0) is 36.4 Å². The lowest BCUT2D eigenvalue weighted by molar-refractivity contribution is -0.116. The van der Waals surface area contributed by atoms with E-state index in [-0.39, 0.29) is 29.3 Å². The number of fused-ring (bicyclic) bond motifs is 1. The summed E-state index contributed by atoms with van der Waals surface area (Å²) in [5.74, 6) is -0.222. The largest absolute Gasteiger partial charge is 0.490 e. The second-order valence-electron chi connectivity index (χ2n) is 7.28. The molecule has 3 heterocycles. The molecule has 6 atom stereocenters. The lowest BCUT2D eigenvalue weighted by Crippen LogP contribution is -2.33. The molecule has 2 aromatic heterocycles. The number of carbonyl (C=O) groups is 1. The predicted octanol–water partition coefficient (Wildman–Crippen LogP) is -0.473. The van der Waals surface area contributed by atoms with Gasteiger partial charge >= 0.3 is 23.5 Å². The van der Waals surface area contributed by atoms with Gasteiger partial charge in [0.2, 0.25) is 5.91 Å². The van der Waals surface area contributed by atoms with Gasteiger partial charge in [-0.3, -0.25) is 13.9 Å². The quantitative estimate of drug-likeness (QED) is 0.166. The second-order valence-corrected chi connectivity index (χ2v) is 11.7. The third kappa shape index (κ3) is 7.20. The minimum absolute atomic E-state index is 0.0921. The van der Waals surface area contributed by atoms with Crippen LogP contribution < -0.4 is 5.32 Å². The molecular formula is C14H22N5O14P3. The van der Waals surface area contributed by atoms with Gasteiger partial charge in [-0.25, -0.2) is 28.6 Å². The molecule has 0 spiro atoms. The van der Waals surface area contributed by atoms with E-state index in [9.17, 15) is 38.5 Å². The van der Waals surface area contributed by atoms with Crippen molar-refractivity contribution in [2.45, 2.75) is 44.3 Å². The summed E-state index contributed by atoms with van der Waals surface area (Å²) in [6.45, 7) is 0.826. The molecule has 1 aliphatic rings. The van der Waals surface area contributed by atoms with Crippen LogP contribution in [0, 0.1) is 0 Å². The molecule has 7 N–H and O–H groups in total. The van der Waals surface area contributed by atoms with E-state index in [1.54, 1.807) is 0 Å². The van der Waals surface area contributed by atoms with Gasteiger partial charge in [-0.1, -0.05) is 6.92 Å². The van der Waals surface area contributed by atoms with E-state index in [2.05, 4.69) is 33.4 Å². The van der Waals surface area contributed by atoms with Gasteiger partial charge in [0.15, 0.2) is 23.2 Å². The molecule has 202 valence electrons. The van der Waals surface area contributed by atoms with Crippen LogP contribution in [0.15, 0.2) is 12.7 Å². The molecule has 1 amide bonds. The predicted molar refractivity (Wildman–Crippen MR) is 115 cm³/mol. The van der Waals surface area contributed by atoms with Gasteiger partial charge in [0.1, 0.15) is 24.6 Å². The summed E-state index contributed by atoms with van der Waals surface area (Å²) in [7, 11) is -16.8. The first-order valence-electron chi connectivity index (χ1n) is 9.90. The van der Waals surface area contributed by atoms with Gasteiger partial charge in [-0.05, 0) is 6.42 Å². The third-order valence-electron chi connectivity index (χ3n) is 4.52. The van der Waals surface area contributed by atoms with Crippen molar-refractivity contribution in [2.75, 3.05) is 11.9 Å². The van der Waals surface area contributed by atoms with Crippen LogP contribution in [0.25, 0.3) is 11.2 Å². The van der Waals surface area contributed by atoms with Gasteiger partial charge in [-0.2, -0.15) is 8.62 Å². The summed E-state index contributed by atoms with van der Waals surface area (Å²) in [5, 5.41) is 23.3. The van der Waals surface area contributed by atoms with E-state index in [1.165, 1.54) is 10.9 Å². The normalized spacial score (nSPS) is 26.0. The van der Waals surface area contributed by atoms with Crippen molar-refractivity contribution in [3.05, 3.63) is 12.7 Å². The van der Waals surface area contributed by atoms with E-state index in [4.69, 9.17) is 14.5 Å². The number of aliphatic hydroxyl groups is 2. The van der Waals surface area contributed by atoms with Gasteiger partial charge < -0.3 is 39.8 Å². The standard InChI is InChI=1S/C14H22N5O14P3/c1-2-3-8(20)18-12-9-13(16-5-15-12)19(6-17-9)14-11(22)10(21)7(31-14)4-30-35(26,27)33-36(28,29)32-34(23,24)25/h5-7,10-11,14,21-22H,2-4H2,1H3,(H,26,27)(H,28,29)(H2,23,24,25)(H,15,16,18,20)/t7-,10-,11-,14-/m1/s1. The lowest BCUT2D eigenvalue weighted by Gasteiger charge is -2.19. The molecule has 2 aromatic rings. The Kier molecular flexibility index (Phi) is 8.80. The smallest absolute Gasteiger partial charge is 0.387 e. The summed E-state index contributed by atoms with van der Waals surface area (Å²) in [6, 6.07) is 0. The number of hydrogen-bond donors (Lipinski definition) is 7. The number of rotatable bonds is 11. The molecule has 0 aromatic carbocycles. The summed E-state index contributed by atoms with van der Waals surface area (Å²) in [5.41, 5.74) is 0.241. The average Bonchev–Trinajstić information content (AvgIpc) is 3.26. The van der Waals surface area contributed by atoms with E-state index < -0.39 is 54.6 Å². The molecular weight excluding hydrogens is 555 g/mol. The van der Waals surface area contributed by atoms with Crippen molar-refractivity contribution in [1.29, 1.82) is 0 Å². The zero-order valence-corrected chi connectivity index (χ0v) is 20.8. The summed E-state index contributed by atoms with van der Waals surface area (Å²) < 4.78 is 52.3. The Balaban J connectivity index is 1.72. The van der Waals surface area contributed by atoms with Gasteiger partial charge in [0.05, 0.1) is 12.9 Å². The van der Waals surface area contributed by atoms with E-state index >= 15 is 0 Å². The van der Waals surface area contributed by atoms with Gasteiger partial charge in [0.25, 0.3) is 0 Å². The minimum Gasteiger partial charge on any atom is -0.387 e. The topological polar surface area (TPSA) is 282 Å². The van der Waals surface area contributed by atoms with Crippen LogP contribution in [0.2, 0.25) is 0 Å². The highest BCUT2D eigenvalue weighted by Crippen LogP contribution is 2.66. The number of amides is 1. The fourth-order valence-corrected chi connectivity index (χ4v) is 6.15. The third-order valence-corrected chi connectivity index (χ3v) is 8.33. The van der Waals surface area contributed by atoms with Crippen molar-refractivity contribution in [1.82, 2.24) is 19.5 Å².